The van der Waals surface area contributed by atoms with Crippen LogP contribution in [-0.4, -0.2) is 20.8 Å². The molecular weight excluding hydrogens is 449 g/mol. The number of carbonyl (C=O) groups is 1. The second-order valence-corrected chi connectivity index (χ2v) is 7.41. The van der Waals surface area contributed by atoms with E-state index in [1.807, 2.05) is 85.9 Å². The molecule has 0 unspecified atom stereocenters. The van der Waals surface area contributed by atoms with Crippen LogP contribution in [0.3, 0.4) is 0 Å². The Morgan fingerprint density at radius 3 is 2.48 bits per heavy atom. The van der Waals surface area contributed by atoms with E-state index >= 15 is 0 Å². The monoisotopic (exact) mass is 465 g/mol. The lowest BCUT2D eigenvalue weighted by atomic mass is 9.95. The van der Waals surface area contributed by atoms with Crippen molar-refractivity contribution in [2.75, 3.05) is 0 Å². The van der Waals surface area contributed by atoms with Gasteiger partial charge in [-0.1, -0.05) is 65.4 Å². The normalized spacial score (nSPS) is 10.7. The minimum atomic E-state index is -0.0156. The van der Waals surface area contributed by atoms with E-state index in [9.17, 15) is 4.79 Å². The number of aromatic nitrogens is 3. The zero-order valence-electron chi connectivity index (χ0n) is 14.6. The molecule has 0 saturated carbocycles. The van der Waals surface area contributed by atoms with Crippen molar-refractivity contribution in [3.8, 4) is 16.9 Å². The molecule has 4 nitrogen and oxygen atoms in total. The quantitative estimate of drug-likeness (QED) is 0.312. The molecule has 27 heavy (non-hydrogen) atoms. The van der Waals surface area contributed by atoms with Crippen LogP contribution in [0.5, 0.6) is 0 Å². The minimum Gasteiger partial charge on any atom is -0.289 e. The second kappa shape index (κ2) is 7.44. The van der Waals surface area contributed by atoms with Crippen molar-refractivity contribution in [2.24, 2.45) is 0 Å². The fourth-order valence-electron chi connectivity index (χ4n) is 2.96. The number of benzene rings is 3. The molecule has 1 aromatic heterocycles. The number of rotatable bonds is 4. The molecule has 0 atom stereocenters. The lowest BCUT2D eigenvalue weighted by Crippen LogP contribution is -2.04. The molecule has 132 valence electrons. The highest BCUT2D eigenvalue weighted by Crippen LogP contribution is 2.26. The van der Waals surface area contributed by atoms with Gasteiger partial charge in [0, 0.05) is 20.3 Å². The lowest BCUT2D eigenvalue weighted by molar-refractivity contribution is 0.103. The zero-order valence-corrected chi connectivity index (χ0v) is 16.8. The predicted molar refractivity (Wildman–Crippen MR) is 114 cm³/mol. The summed E-state index contributed by atoms with van der Waals surface area (Å²) in [5.41, 5.74) is 4.74. The SMILES string of the molecule is Cc1ccc(-c2cn(-c3ccccc3I)nn2)c(C(=O)c2ccccc2)c1. The van der Waals surface area contributed by atoms with Gasteiger partial charge in [-0.15, -0.1) is 5.10 Å². The summed E-state index contributed by atoms with van der Waals surface area (Å²) in [5.74, 6) is -0.0156. The maximum Gasteiger partial charge on any atom is 0.193 e. The molecule has 0 fully saturated rings. The lowest BCUT2D eigenvalue weighted by Gasteiger charge is -2.08. The van der Waals surface area contributed by atoms with Crippen molar-refractivity contribution in [3.63, 3.8) is 0 Å². The Morgan fingerprint density at radius 2 is 1.70 bits per heavy atom. The van der Waals surface area contributed by atoms with Crippen LogP contribution in [0.1, 0.15) is 21.5 Å². The van der Waals surface area contributed by atoms with Gasteiger partial charge in [0.1, 0.15) is 5.69 Å². The highest BCUT2D eigenvalue weighted by atomic mass is 127. The maximum atomic E-state index is 13.1. The fourth-order valence-corrected chi connectivity index (χ4v) is 3.59. The average Bonchev–Trinajstić information content (AvgIpc) is 3.18. The molecule has 0 N–H and O–H groups in total. The summed E-state index contributed by atoms with van der Waals surface area (Å²) in [6, 6.07) is 23.1. The van der Waals surface area contributed by atoms with Gasteiger partial charge in [0.15, 0.2) is 5.78 Å². The first kappa shape index (κ1) is 17.6. The van der Waals surface area contributed by atoms with Crippen LogP contribution in [0.25, 0.3) is 16.9 Å². The van der Waals surface area contributed by atoms with Crippen LogP contribution in [0, 0.1) is 10.5 Å². The average molecular weight is 465 g/mol. The van der Waals surface area contributed by atoms with Crippen molar-refractivity contribution in [3.05, 3.63) is 99.3 Å². The Bertz CT molecular complexity index is 1120. The largest absolute Gasteiger partial charge is 0.289 e. The van der Waals surface area contributed by atoms with Gasteiger partial charge in [-0.25, -0.2) is 4.68 Å². The van der Waals surface area contributed by atoms with Gasteiger partial charge in [0.05, 0.1) is 11.9 Å². The van der Waals surface area contributed by atoms with Crippen LogP contribution >= 0.6 is 22.6 Å². The number of hydrogen-bond acceptors (Lipinski definition) is 3. The first-order chi connectivity index (χ1) is 13.1. The van der Waals surface area contributed by atoms with Gasteiger partial charge in [-0.05, 0) is 47.7 Å². The first-order valence-electron chi connectivity index (χ1n) is 8.51. The van der Waals surface area contributed by atoms with Crippen molar-refractivity contribution in [1.29, 1.82) is 0 Å². The van der Waals surface area contributed by atoms with E-state index in [1.165, 1.54) is 0 Å². The highest BCUT2D eigenvalue weighted by Gasteiger charge is 2.17. The third-order valence-electron chi connectivity index (χ3n) is 4.32. The molecule has 4 aromatic rings. The van der Waals surface area contributed by atoms with Gasteiger partial charge in [-0.2, -0.15) is 0 Å². The predicted octanol–water partition coefficient (Wildman–Crippen LogP) is 5.08. The van der Waals surface area contributed by atoms with Crippen molar-refractivity contribution in [1.82, 2.24) is 15.0 Å². The molecule has 3 aromatic carbocycles. The summed E-state index contributed by atoms with van der Waals surface area (Å²) in [7, 11) is 0. The summed E-state index contributed by atoms with van der Waals surface area (Å²) in [6.45, 7) is 1.98. The van der Waals surface area contributed by atoms with E-state index in [4.69, 9.17) is 0 Å². The molecule has 0 aliphatic rings. The summed E-state index contributed by atoms with van der Waals surface area (Å²) in [6.07, 6.45) is 1.87. The van der Waals surface area contributed by atoms with E-state index in [-0.39, 0.29) is 5.78 Å². The Balaban J connectivity index is 1.80. The third kappa shape index (κ3) is 3.55. The number of aryl methyl sites for hydroxylation is 1. The van der Waals surface area contributed by atoms with Gasteiger partial charge in [-0.3, -0.25) is 4.79 Å². The summed E-state index contributed by atoms with van der Waals surface area (Å²) in [4.78, 5) is 13.1. The molecule has 0 bridgehead atoms. The number of nitrogens with zero attached hydrogens (tertiary/aromatic N) is 3. The van der Waals surface area contributed by atoms with Gasteiger partial charge >= 0.3 is 0 Å². The molecule has 1 heterocycles. The standard InChI is InChI=1S/C22H16IN3O/c1-15-11-12-17(18(13-15)22(27)16-7-3-2-4-8-16)20-14-26(25-24-20)21-10-6-5-9-19(21)23/h2-14H,1H3. The Labute approximate surface area is 171 Å². The van der Waals surface area contributed by atoms with E-state index in [2.05, 4.69) is 32.9 Å². The second-order valence-electron chi connectivity index (χ2n) is 6.24. The summed E-state index contributed by atoms with van der Waals surface area (Å²) >= 11 is 2.27. The number of carbonyl (C=O) groups excluding carboxylic acids is 1. The Hall–Kier alpha value is -2.80. The van der Waals surface area contributed by atoms with Crippen LogP contribution in [0.15, 0.2) is 79.0 Å². The van der Waals surface area contributed by atoms with E-state index < -0.39 is 0 Å². The molecule has 0 radical (unpaired) electrons. The molecule has 0 spiro atoms. The maximum absolute atomic E-state index is 13.1. The van der Waals surface area contributed by atoms with Crippen LogP contribution in [-0.2, 0) is 0 Å². The van der Waals surface area contributed by atoms with Crippen molar-refractivity contribution >= 4 is 28.4 Å². The zero-order chi connectivity index (χ0) is 18.8. The van der Waals surface area contributed by atoms with Gasteiger partial charge in [0.2, 0.25) is 0 Å². The number of para-hydroxylation sites is 1. The van der Waals surface area contributed by atoms with E-state index in [0.29, 0.717) is 16.8 Å². The molecule has 0 amide bonds. The van der Waals surface area contributed by atoms with Crippen molar-refractivity contribution < 1.29 is 4.79 Å². The summed E-state index contributed by atoms with van der Waals surface area (Å²) < 4.78 is 2.82. The van der Waals surface area contributed by atoms with Crippen LogP contribution in [0.4, 0.5) is 0 Å². The molecule has 5 heteroatoms. The third-order valence-corrected chi connectivity index (χ3v) is 5.24. The Morgan fingerprint density at radius 1 is 0.963 bits per heavy atom. The number of hydrogen-bond donors (Lipinski definition) is 0. The van der Waals surface area contributed by atoms with Crippen molar-refractivity contribution in [2.45, 2.75) is 6.92 Å². The molecule has 4 rings (SSSR count). The fraction of sp³-hybridized carbons (Fsp3) is 0.0455. The highest BCUT2D eigenvalue weighted by molar-refractivity contribution is 14.1. The van der Waals surface area contributed by atoms with Crippen LogP contribution < -0.4 is 0 Å². The Kier molecular flexibility index (Phi) is 4.85. The smallest absolute Gasteiger partial charge is 0.193 e. The molecule has 0 aliphatic carbocycles. The minimum absolute atomic E-state index is 0.0156. The van der Waals surface area contributed by atoms with Crippen LogP contribution in [0.2, 0.25) is 0 Å². The number of halogens is 1. The molecular formula is C22H16IN3O. The molecule has 0 saturated heterocycles. The van der Waals surface area contributed by atoms with E-state index in [0.717, 1.165) is 20.4 Å². The number of ketones is 1. The van der Waals surface area contributed by atoms with E-state index in [1.54, 1.807) is 4.68 Å². The first-order valence-corrected chi connectivity index (χ1v) is 9.59. The van der Waals surface area contributed by atoms with Gasteiger partial charge < -0.3 is 0 Å². The molecule has 0 aliphatic heterocycles. The van der Waals surface area contributed by atoms with Gasteiger partial charge in [0.25, 0.3) is 0 Å². The topological polar surface area (TPSA) is 47.8 Å². The summed E-state index contributed by atoms with van der Waals surface area (Å²) in [5, 5.41) is 8.60.